The van der Waals surface area contributed by atoms with E-state index in [1.807, 2.05) is 10.9 Å². The second-order valence-corrected chi connectivity index (χ2v) is 4.58. The quantitative estimate of drug-likeness (QED) is 0.822. The summed E-state index contributed by atoms with van der Waals surface area (Å²) in [4.78, 5) is 0. The fourth-order valence-corrected chi connectivity index (χ4v) is 2.23. The van der Waals surface area contributed by atoms with E-state index in [9.17, 15) is 0 Å². The monoisotopic (exact) mass is 209 g/mol. The van der Waals surface area contributed by atoms with Crippen LogP contribution in [0.5, 0.6) is 0 Å². The molecule has 0 amide bonds. The van der Waals surface area contributed by atoms with Crippen LogP contribution < -0.4 is 0 Å². The molecule has 0 radical (unpaired) electrons. The Morgan fingerprint density at radius 1 is 1.40 bits per heavy atom. The van der Waals surface area contributed by atoms with E-state index in [1.165, 1.54) is 25.7 Å². The molecule has 4 nitrogen and oxygen atoms in total. The summed E-state index contributed by atoms with van der Waals surface area (Å²) in [6, 6.07) is 0.529. The van der Waals surface area contributed by atoms with Crippen LogP contribution in [0.25, 0.3) is 0 Å². The van der Waals surface area contributed by atoms with E-state index in [2.05, 4.69) is 17.2 Å². The number of hydrogen-bond acceptors (Lipinski definition) is 3. The zero-order valence-corrected chi connectivity index (χ0v) is 9.26. The highest BCUT2D eigenvalue weighted by Gasteiger charge is 2.20. The maximum absolute atomic E-state index is 8.80. The molecule has 1 N–H and O–H groups in total. The highest BCUT2D eigenvalue weighted by molar-refractivity contribution is 4.94. The zero-order chi connectivity index (χ0) is 10.7. The van der Waals surface area contributed by atoms with Crippen molar-refractivity contribution in [1.82, 2.24) is 15.0 Å². The third-order valence-electron chi connectivity index (χ3n) is 3.29. The average molecular weight is 209 g/mol. The number of aromatic nitrogens is 3. The minimum absolute atomic E-state index is 0.153. The predicted molar refractivity (Wildman–Crippen MR) is 57.5 cm³/mol. The lowest BCUT2D eigenvalue weighted by Gasteiger charge is -2.25. The molecule has 0 atom stereocenters. The summed E-state index contributed by atoms with van der Waals surface area (Å²) in [6.07, 6.45) is 7.60. The van der Waals surface area contributed by atoms with E-state index in [4.69, 9.17) is 5.11 Å². The van der Waals surface area contributed by atoms with Gasteiger partial charge in [-0.15, -0.1) is 5.10 Å². The summed E-state index contributed by atoms with van der Waals surface area (Å²) in [5.41, 5.74) is 0.899. The first-order valence-electron chi connectivity index (χ1n) is 5.81. The molecule has 15 heavy (non-hydrogen) atoms. The molecule has 1 aliphatic rings. The van der Waals surface area contributed by atoms with Crippen LogP contribution in [0, 0.1) is 5.92 Å². The van der Waals surface area contributed by atoms with Crippen LogP contribution in [0.15, 0.2) is 6.20 Å². The van der Waals surface area contributed by atoms with Crippen molar-refractivity contribution in [3.8, 4) is 0 Å². The first-order chi connectivity index (χ1) is 7.29. The van der Waals surface area contributed by atoms with E-state index in [0.29, 0.717) is 12.5 Å². The first kappa shape index (κ1) is 10.6. The Morgan fingerprint density at radius 2 is 2.13 bits per heavy atom. The molecule has 0 unspecified atom stereocenters. The molecule has 84 valence electrons. The Labute approximate surface area is 90.3 Å². The number of nitrogens with zero attached hydrogens (tertiary/aromatic N) is 3. The van der Waals surface area contributed by atoms with Crippen molar-refractivity contribution in [3.63, 3.8) is 0 Å². The normalized spacial score (nSPS) is 26.8. The van der Waals surface area contributed by atoms with Crippen molar-refractivity contribution in [1.29, 1.82) is 0 Å². The van der Waals surface area contributed by atoms with Gasteiger partial charge in [0.15, 0.2) is 0 Å². The summed E-state index contributed by atoms with van der Waals surface area (Å²) in [5.74, 6) is 0.863. The topological polar surface area (TPSA) is 50.9 Å². The fraction of sp³-hybridized carbons (Fsp3) is 0.818. The molecule has 0 bridgehead atoms. The standard InChI is InChI=1S/C11H19N3O/c1-9-2-4-11(5-3-9)14-8-10(6-7-15)12-13-14/h8-9,11,15H,2-7H2,1H3. The predicted octanol–water partition coefficient (Wildman–Crippen LogP) is 1.56. The van der Waals surface area contributed by atoms with Gasteiger partial charge >= 0.3 is 0 Å². The molecule has 1 saturated carbocycles. The minimum Gasteiger partial charge on any atom is -0.396 e. The molecule has 1 aromatic rings. The first-order valence-corrected chi connectivity index (χ1v) is 5.81. The molecule has 1 heterocycles. The molecule has 1 aliphatic carbocycles. The van der Waals surface area contributed by atoms with Crippen LogP contribution in [-0.4, -0.2) is 26.7 Å². The highest BCUT2D eigenvalue weighted by Crippen LogP contribution is 2.31. The maximum Gasteiger partial charge on any atom is 0.0850 e. The second kappa shape index (κ2) is 4.75. The maximum atomic E-state index is 8.80. The van der Waals surface area contributed by atoms with Gasteiger partial charge in [-0.05, 0) is 31.6 Å². The molecule has 0 aliphatic heterocycles. The van der Waals surface area contributed by atoms with E-state index < -0.39 is 0 Å². The average Bonchev–Trinajstić information content (AvgIpc) is 2.68. The van der Waals surface area contributed by atoms with Crippen LogP contribution in [-0.2, 0) is 6.42 Å². The smallest absolute Gasteiger partial charge is 0.0850 e. The third kappa shape index (κ3) is 2.56. The van der Waals surface area contributed by atoms with Gasteiger partial charge in [0.05, 0.1) is 11.7 Å². The molecular weight excluding hydrogens is 190 g/mol. The minimum atomic E-state index is 0.153. The highest BCUT2D eigenvalue weighted by atomic mass is 16.3. The van der Waals surface area contributed by atoms with Gasteiger partial charge in [-0.25, -0.2) is 4.68 Å². The molecule has 0 aromatic carbocycles. The Hall–Kier alpha value is -0.900. The Morgan fingerprint density at radius 3 is 2.80 bits per heavy atom. The van der Waals surface area contributed by atoms with Gasteiger partial charge in [0.1, 0.15) is 0 Å². The lowest BCUT2D eigenvalue weighted by molar-refractivity contribution is 0.270. The van der Waals surface area contributed by atoms with Crippen LogP contribution in [0.2, 0.25) is 0 Å². The Kier molecular flexibility index (Phi) is 3.36. The van der Waals surface area contributed by atoms with Gasteiger partial charge < -0.3 is 5.11 Å². The number of aliphatic hydroxyl groups is 1. The summed E-state index contributed by atoms with van der Waals surface area (Å²) in [5, 5.41) is 17.0. The summed E-state index contributed by atoms with van der Waals surface area (Å²) in [7, 11) is 0. The summed E-state index contributed by atoms with van der Waals surface area (Å²) in [6.45, 7) is 2.47. The molecule has 2 rings (SSSR count). The largest absolute Gasteiger partial charge is 0.396 e. The van der Waals surface area contributed by atoms with Crippen molar-refractivity contribution in [2.75, 3.05) is 6.61 Å². The van der Waals surface area contributed by atoms with Gasteiger partial charge in [0.2, 0.25) is 0 Å². The zero-order valence-electron chi connectivity index (χ0n) is 9.26. The number of rotatable bonds is 3. The van der Waals surface area contributed by atoms with Gasteiger partial charge in [-0.2, -0.15) is 0 Å². The number of hydrogen-bond donors (Lipinski definition) is 1. The van der Waals surface area contributed by atoms with Gasteiger partial charge in [0, 0.05) is 19.2 Å². The van der Waals surface area contributed by atoms with Gasteiger partial charge in [0.25, 0.3) is 0 Å². The summed E-state index contributed by atoms with van der Waals surface area (Å²) >= 11 is 0. The Bertz CT molecular complexity index is 303. The van der Waals surface area contributed by atoms with Crippen molar-refractivity contribution in [3.05, 3.63) is 11.9 Å². The number of aliphatic hydroxyl groups excluding tert-OH is 1. The van der Waals surface area contributed by atoms with Crippen molar-refractivity contribution < 1.29 is 5.11 Å². The summed E-state index contributed by atoms with van der Waals surface area (Å²) < 4.78 is 1.98. The van der Waals surface area contributed by atoms with E-state index >= 15 is 0 Å². The van der Waals surface area contributed by atoms with Crippen LogP contribution in [0.4, 0.5) is 0 Å². The molecule has 1 aromatic heterocycles. The van der Waals surface area contributed by atoms with Gasteiger partial charge in [-0.1, -0.05) is 12.1 Å². The van der Waals surface area contributed by atoms with E-state index in [-0.39, 0.29) is 6.61 Å². The SMILES string of the molecule is CC1CCC(n2cc(CCO)nn2)CC1. The van der Waals surface area contributed by atoms with Crippen molar-refractivity contribution in [2.45, 2.75) is 45.1 Å². The van der Waals surface area contributed by atoms with Crippen LogP contribution in [0.3, 0.4) is 0 Å². The molecule has 0 saturated heterocycles. The van der Waals surface area contributed by atoms with Crippen LogP contribution in [0.1, 0.15) is 44.3 Å². The second-order valence-electron chi connectivity index (χ2n) is 4.58. The third-order valence-corrected chi connectivity index (χ3v) is 3.29. The fourth-order valence-electron chi connectivity index (χ4n) is 2.23. The molecular formula is C11H19N3O. The van der Waals surface area contributed by atoms with Gasteiger partial charge in [-0.3, -0.25) is 0 Å². The lowest BCUT2D eigenvalue weighted by Crippen LogP contribution is -2.17. The lowest BCUT2D eigenvalue weighted by atomic mass is 9.87. The molecule has 0 spiro atoms. The van der Waals surface area contributed by atoms with Crippen molar-refractivity contribution >= 4 is 0 Å². The van der Waals surface area contributed by atoms with Crippen molar-refractivity contribution in [2.24, 2.45) is 5.92 Å². The Balaban J connectivity index is 1.96. The van der Waals surface area contributed by atoms with E-state index in [1.54, 1.807) is 0 Å². The molecule has 1 fully saturated rings. The van der Waals surface area contributed by atoms with E-state index in [0.717, 1.165) is 11.6 Å². The van der Waals surface area contributed by atoms with Crippen LogP contribution >= 0.6 is 0 Å². The molecule has 4 heteroatoms.